The third kappa shape index (κ3) is 12.5. The molecule has 1 saturated heterocycles. The van der Waals surface area contributed by atoms with E-state index in [1.54, 1.807) is 0 Å². The molecule has 0 aromatic rings. The number of hydrogen-bond donors (Lipinski definition) is 2. The van der Waals surface area contributed by atoms with Gasteiger partial charge in [0.2, 0.25) is 0 Å². The second kappa shape index (κ2) is 15.5. The summed E-state index contributed by atoms with van der Waals surface area (Å²) < 4.78 is 12.1. The molecule has 5 heteroatoms. The van der Waals surface area contributed by atoms with Gasteiger partial charge in [-0.3, -0.25) is 0 Å². The minimum atomic E-state index is -2.00. The first-order valence-corrected chi connectivity index (χ1v) is 14.0. The van der Waals surface area contributed by atoms with Gasteiger partial charge in [-0.1, -0.05) is 71.1 Å². The highest BCUT2D eigenvalue weighted by molar-refractivity contribution is 7.80. The van der Waals surface area contributed by atoms with Gasteiger partial charge in [0.15, 0.2) is 0 Å². The van der Waals surface area contributed by atoms with Gasteiger partial charge in [-0.05, 0) is 43.5 Å². The van der Waals surface area contributed by atoms with Crippen LogP contribution in [0.4, 0.5) is 0 Å². The number of thiol groups is 1. The van der Waals surface area contributed by atoms with Crippen LogP contribution in [0.3, 0.4) is 0 Å². The molecule has 0 aromatic carbocycles. The summed E-state index contributed by atoms with van der Waals surface area (Å²) in [5, 5.41) is 0. The highest BCUT2D eigenvalue weighted by Gasteiger charge is 2.33. The predicted molar refractivity (Wildman–Crippen MR) is 115 cm³/mol. The Bertz CT molecular complexity index is 297. The molecule has 0 radical (unpaired) electrons. The summed E-state index contributed by atoms with van der Waals surface area (Å²) in [6.45, 7) is 6.32. The lowest BCUT2D eigenvalue weighted by atomic mass is 9.97. The minimum absolute atomic E-state index is 0.706. The molecule has 1 aliphatic heterocycles. The van der Waals surface area contributed by atoms with Crippen LogP contribution in [0.15, 0.2) is 0 Å². The average Bonchev–Trinajstić information content (AvgIpc) is 2.59. The van der Waals surface area contributed by atoms with Crippen molar-refractivity contribution >= 4 is 21.2 Å². The summed E-state index contributed by atoms with van der Waals surface area (Å²) in [5.74, 6) is 1.62. The van der Waals surface area contributed by atoms with Gasteiger partial charge in [0.1, 0.15) is 0 Å². The smallest absolute Gasteiger partial charge is 0.355 e. The Kier molecular flexibility index (Phi) is 14.6. The molecule has 150 valence electrons. The average molecular weight is 390 g/mol. The molecule has 1 rings (SSSR count). The summed E-state index contributed by atoms with van der Waals surface area (Å²) in [6.07, 6.45) is 17.7. The van der Waals surface area contributed by atoms with Gasteiger partial charge in [-0.2, -0.15) is 12.6 Å². The Labute approximate surface area is 163 Å². The van der Waals surface area contributed by atoms with Gasteiger partial charge >= 0.3 is 8.56 Å². The molecule has 1 heterocycles. The highest BCUT2D eigenvalue weighted by atomic mass is 32.1. The maximum Gasteiger partial charge on any atom is 0.355 e. The molecule has 25 heavy (non-hydrogen) atoms. The van der Waals surface area contributed by atoms with E-state index in [9.17, 15) is 0 Å². The van der Waals surface area contributed by atoms with E-state index >= 15 is 0 Å². The third-order valence-corrected chi connectivity index (χ3v) is 8.32. The lowest BCUT2D eigenvalue weighted by Gasteiger charge is -2.31. The van der Waals surface area contributed by atoms with E-state index in [-0.39, 0.29) is 0 Å². The van der Waals surface area contributed by atoms with Crippen LogP contribution in [0.2, 0.25) is 12.6 Å². The quantitative estimate of drug-likeness (QED) is 0.209. The largest absolute Gasteiger partial charge is 0.394 e. The summed E-state index contributed by atoms with van der Waals surface area (Å²) in [6, 6.07) is 1.03. The standard InChI is InChI=1S/C20H43NO2SSi/c1-3-4-5-6-7-8-9-10-11-12-14-20-15-16-22-25(2,18-13-17-24)23-21-19-20/h20-21,24H,3-19H2,1-2H3. The van der Waals surface area contributed by atoms with Crippen molar-refractivity contribution < 1.29 is 8.95 Å². The molecule has 1 N–H and O–H groups in total. The molecule has 1 fully saturated rings. The first-order valence-electron chi connectivity index (χ1n) is 10.9. The number of unbranched alkanes of at least 4 members (excludes halogenated alkanes) is 9. The number of hydrogen-bond acceptors (Lipinski definition) is 4. The van der Waals surface area contributed by atoms with Crippen LogP contribution >= 0.6 is 12.6 Å². The van der Waals surface area contributed by atoms with Gasteiger partial charge in [-0.25, -0.2) is 5.48 Å². The Morgan fingerprint density at radius 1 is 0.960 bits per heavy atom. The first-order chi connectivity index (χ1) is 12.2. The minimum Gasteiger partial charge on any atom is -0.394 e. The molecule has 0 amide bonds. The van der Waals surface area contributed by atoms with Crippen molar-refractivity contribution in [3.63, 3.8) is 0 Å². The van der Waals surface area contributed by atoms with E-state index in [1.807, 2.05) is 0 Å². The Balaban J connectivity index is 1.98. The van der Waals surface area contributed by atoms with Crippen LogP contribution in [-0.2, 0) is 8.95 Å². The lowest BCUT2D eigenvalue weighted by Crippen LogP contribution is -2.47. The molecule has 0 spiro atoms. The third-order valence-electron chi connectivity index (χ3n) is 5.35. The van der Waals surface area contributed by atoms with Crippen molar-refractivity contribution in [1.29, 1.82) is 0 Å². The van der Waals surface area contributed by atoms with Gasteiger partial charge in [-0.15, -0.1) is 0 Å². The summed E-state index contributed by atoms with van der Waals surface area (Å²) >= 11 is 4.30. The molecular formula is C20H43NO2SSi. The first kappa shape index (κ1) is 23.5. The van der Waals surface area contributed by atoms with Crippen molar-refractivity contribution in [2.45, 2.75) is 103 Å². The SMILES string of the molecule is CCCCCCCCCCCCC1CCO[Si](C)(CCCS)ONC1. The summed E-state index contributed by atoms with van der Waals surface area (Å²) in [7, 11) is -2.00. The summed E-state index contributed by atoms with van der Waals surface area (Å²) in [5.41, 5.74) is 3.23. The van der Waals surface area contributed by atoms with Gasteiger partial charge < -0.3 is 8.95 Å². The number of hydroxylamine groups is 1. The number of rotatable bonds is 14. The highest BCUT2D eigenvalue weighted by Crippen LogP contribution is 2.22. The van der Waals surface area contributed by atoms with Crippen molar-refractivity contribution in [2.24, 2.45) is 5.92 Å². The Hall–Kier alpha value is 0.447. The fourth-order valence-electron chi connectivity index (χ4n) is 3.58. The maximum absolute atomic E-state index is 6.12. The van der Waals surface area contributed by atoms with Gasteiger partial charge in [0, 0.05) is 13.2 Å². The molecule has 2 unspecified atom stereocenters. The zero-order valence-corrected chi connectivity index (χ0v) is 18.8. The molecular weight excluding hydrogens is 346 g/mol. The second-order valence-electron chi connectivity index (χ2n) is 7.89. The lowest BCUT2D eigenvalue weighted by molar-refractivity contribution is 0.0676. The fraction of sp³-hybridized carbons (Fsp3) is 1.00. The van der Waals surface area contributed by atoms with Gasteiger partial charge in [0.05, 0.1) is 0 Å². The van der Waals surface area contributed by atoms with Gasteiger partial charge in [0.25, 0.3) is 0 Å². The van der Waals surface area contributed by atoms with Crippen molar-refractivity contribution in [3.05, 3.63) is 0 Å². The monoisotopic (exact) mass is 389 g/mol. The molecule has 1 aliphatic rings. The van der Waals surface area contributed by atoms with E-state index in [0.29, 0.717) is 5.92 Å². The molecule has 3 nitrogen and oxygen atoms in total. The molecule has 0 bridgehead atoms. The van der Waals surface area contributed by atoms with E-state index in [0.717, 1.165) is 31.4 Å². The normalized spacial score (nSPS) is 24.8. The van der Waals surface area contributed by atoms with E-state index in [2.05, 4.69) is 31.6 Å². The van der Waals surface area contributed by atoms with Crippen molar-refractivity contribution in [3.8, 4) is 0 Å². The molecule has 0 aliphatic carbocycles. The van der Waals surface area contributed by atoms with Crippen LogP contribution in [0.1, 0.15) is 90.4 Å². The van der Waals surface area contributed by atoms with E-state index < -0.39 is 8.56 Å². The zero-order chi connectivity index (χ0) is 18.2. The van der Waals surface area contributed by atoms with Crippen LogP contribution in [-0.4, -0.2) is 27.5 Å². The van der Waals surface area contributed by atoms with Crippen LogP contribution < -0.4 is 5.48 Å². The predicted octanol–water partition coefficient (Wildman–Crippen LogP) is 6.25. The maximum atomic E-state index is 6.12. The molecule has 0 saturated carbocycles. The van der Waals surface area contributed by atoms with E-state index in [1.165, 1.54) is 77.0 Å². The van der Waals surface area contributed by atoms with E-state index in [4.69, 9.17) is 8.95 Å². The van der Waals surface area contributed by atoms with Crippen LogP contribution in [0.25, 0.3) is 0 Å². The van der Waals surface area contributed by atoms with Crippen LogP contribution in [0, 0.1) is 5.92 Å². The Morgan fingerprint density at radius 3 is 2.24 bits per heavy atom. The zero-order valence-electron chi connectivity index (χ0n) is 16.9. The molecule has 0 aromatic heterocycles. The second-order valence-corrected chi connectivity index (χ2v) is 11.6. The van der Waals surface area contributed by atoms with Crippen LogP contribution in [0.5, 0.6) is 0 Å². The van der Waals surface area contributed by atoms with Crippen molar-refractivity contribution in [2.75, 3.05) is 18.9 Å². The fourth-order valence-corrected chi connectivity index (χ4v) is 6.09. The molecule has 2 atom stereocenters. The number of nitrogens with one attached hydrogen (secondary N) is 1. The summed E-state index contributed by atoms with van der Waals surface area (Å²) in [4.78, 5) is 0. The topological polar surface area (TPSA) is 30.5 Å². The Morgan fingerprint density at radius 2 is 1.60 bits per heavy atom. The van der Waals surface area contributed by atoms with Crippen molar-refractivity contribution in [1.82, 2.24) is 5.48 Å².